The third kappa shape index (κ3) is 2.22. The molecule has 90 valence electrons. The molecule has 2 aliphatic rings. The van der Waals surface area contributed by atoms with E-state index >= 15 is 0 Å². The van der Waals surface area contributed by atoms with Crippen LogP contribution in [0.4, 0.5) is 9.18 Å². The summed E-state index contributed by atoms with van der Waals surface area (Å²) in [5.41, 5.74) is 5.37. The fourth-order valence-electron chi connectivity index (χ4n) is 1.71. The van der Waals surface area contributed by atoms with Gasteiger partial charge in [0.25, 0.3) is 5.24 Å². The number of aliphatic hydroxyl groups is 1. The van der Waals surface area contributed by atoms with Gasteiger partial charge in [0.15, 0.2) is 0 Å². The minimum atomic E-state index is -0.918. The molecule has 2 rings (SSSR count). The summed E-state index contributed by atoms with van der Waals surface area (Å²) < 4.78 is 18.6. The van der Waals surface area contributed by atoms with Gasteiger partial charge < -0.3 is 15.6 Å². The topological polar surface area (TPSA) is 75.8 Å². The Kier molecular flexibility index (Phi) is 3.48. The van der Waals surface area contributed by atoms with Crippen molar-refractivity contribution in [1.82, 2.24) is 4.90 Å². The van der Waals surface area contributed by atoms with Crippen LogP contribution in [-0.4, -0.2) is 39.6 Å². The normalized spacial score (nSPS) is 35.4. The van der Waals surface area contributed by atoms with Crippen LogP contribution in [-0.2, 0) is 4.74 Å². The van der Waals surface area contributed by atoms with Crippen LogP contribution in [0.15, 0.2) is 12.0 Å². The summed E-state index contributed by atoms with van der Waals surface area (Å²) in [5, 5.41) is 7.66. The number of nitrogens with zero attached hydrogens (tertiary/aromatic N) is 1. The van der Waals surface area contributed by atoms with E-state index in [1.165, 1.54) is 4.90 Å². The van der Waals surface area contributed by atoms with Crippen LogP contribution >= 0.6 is 11.8 Å². The van der Waals surface area contributed by atoms with Gasteiger partial charge >= 0.3 is 0 Å². The summed E-state index contributed by atoms with van der Waals surface area (Å²) in [6, 6.07) is 0. The molecule has 0 aromatic rings. The number of carbonyl (C=O) groups is 1. The highest BCUT2D eigenvalue weighted by molar-refractivity contribution is 8.14. The Morgan fingerprint density at radius 1 is 1.69 bits per heavy atom. The third-order valence-electron chi connectivity index (χ3n) is 2.57. The fraction of sp³-hybridized carbons (Fsp3) is 0.667. The van der Waals surface area contributed by atoms with E-state index in [0.29, 0.717) is 12.8 Å². The van der Waals surface area contributed by atoms with Crippen molar-refractivity contribution < 1.29 is 19.0 Å². The van der Waals surface area contributed by atoms with Crippen LogP contribution in [0, 0.1) is 0 Å². The van der Waals surface area contributed by atoms with Crippen molar-refractivity contribution in [2.45, 2.75) is 30.5 Å². The number of halogens is 1. The molecule has 0 aromatic heterocycles. The average Bonchev–Trinajstić information content (AvgIpc) is 2.71. The molecule has 0 aromatic carbocycles. The highest BCUT2D eigenvalue weighted by Crippen LogP contribution is 2.31. The molecule has 1 saturated heterocycles. The largest absolute Gasteiger partial charge is 0.394 e. The number of carbonyl (C=O) groups excluding carboxylic acids is 1. The number of amides is 1. The van der Waals surface area contributed by atoms with E-state index in [4.69, 9.17) is 15.6 Å². The second-order valence-corrected chi connectivity index (χ2v) is 4.79. The van der Waals surface area contributed by atoms with Crippen molar-refractivity contribution >= 4 is 17.0 Å². The van der Waals surface area contributed by atoms with Gasteiger partial charge in [-0.1, -0.05) is 0 Å². The summed E-state index contributed by atoms with van der Waals surface area (Å²) in [7, 11) is 0. The fourth-order valence-corrected chi connectivity index (χ4v) is 2.39. The van der Waals surface area contributed by atoms with Crippen molar-refractivity contribution in [1.29, 1.82) is 0 Å². The first kappa shape index (κ1) is 11.8. The first-order valence-corrected chi connectivity index (χ1v) is 5.88. The molecule has 1 fully saturated rings. The summed E-state index contributed by atoms with van der Waals surface area (Å²) in [6.07, 6.45) is 1.59. The van der Waals surface area contributed by atoms with E-state index in [-0.39, 0.29) is 18.0 Å². The zero-order valence-corrected chi connectivity index (χ0v) is 9.32. The van der Waals surface area contributed by atoms with Crippen LogP contribution in [0.3, 0.4) is 0 Å². The number of hydrogen-bond donors (Lipinski definition) is 2. The Morgan fingerprint density at radius 2 is 2.44 bits per heavy atom. The standard InChI is InChI=1S/C9H13FN2O3S/c10-6-3-12(9(14)16-8(6)11)7-2-1-5(4-13)15-7/h3,5,7-8,13H,1-2,4,11H2/t5-,7+,8?/m0/s1. The van der Waals surface area contributed by atoms with E-state index in [9.17, 15) is 9.18 Å². The molecule has 0 aliphatic carbocycles. The second-order valence-electron chi connectivity index (χ2n) is 3.70. The first-order chi connectivity index (χ1) is 7.61. The number of nitrogens with two attached hydrogens (primary N) is 1. The number of ether oxygens (including phenoxy) is 1. The van der Waals surface area contributed by atoms with E-state index in [1.807, 2.05) is 0 Å². The lowest BCUT2D eigenvalue weighted by atomic mass is 10.2. The van der Waals surface area contributed by atoms with Crippen molar-refractivity contribution in [3.63, 3.8) is 0 Å². The molecule has 2 heterocycles. The molecular formula is C9H13FN2O3S. The minimum absolute atomic E-state index is 0.0859. The van der Waals surface area contributed by atoms with Gasteiger partial charge in [-0.3, -0.25) is 9.69 Å². The predicted octanol–water partition coefficient (Wildman–Crippen LogP) is 0.748. The monoisotopic (exact) mass is 248 g/mol. The minimum Gasteiger partial charge on any atom is -0.394 e. The molecule has 16 heavy (non-hydrogen) atoms. The lowest BCUT2D eigenvalue weighted by Gasteiger charge is -2.29. The van der Waals surface area contributed by atoms with Gasteiger partial charge in [0, 0.05) is 6.20 Å². The van der Waals surface area contributed by atoms with Crippen LogP contribution in [0.5, 0.6) is 0 Å². The summed E-state index contributed by atoms with van der Waals surface area (Å²) in [4.78, 5) is 12.8. The molecular weight excluding hydrogens is 235 g/mol. The molecule has 0 spiro atoms. The van der Waals surface area contributed by atoms with Crippen molar-refractivity contribution in [2.24, 2.45) is 5.73 Å². The van der Waals surface area contributed by atoms with Gasteiger partial charge in [0.1, 0.15) is 17.4 Å². The lowest BCUT2D eigenvalue weighted by molar-refractivity contribution is -0.0337. The highest BCUT2D eigenvalue weighted by Gasteiger charge is 2.36. The van der Waals surface area contributed by atoms with Gasteiger partial charge in [-0.25, -0.2) is 4.39 Å². The zero-order chi connectivity index (χ0) is 11.7. The maximum atomic E-state index is 13.2. The quantitative estimate of drug-likeness (QED) is 0.754. The zero-order valence-electron chi connectivity index (χ0n) is 8.51. The van der Waals surface area contributed by atoms with Crippen LogP contribution in [0.2, 0.25) is 0 Å². The molecule has 1 unspecified atom stereocenters. The van der Waals surface area contributed by atoms with E-state index in [0.717, 1.165) is 18.0 Å². The summed E-state index contributed by atoms with van der Waals surface area (Å²) >= 11 is 0.732. The maximum absolute atomic E-state index is 13.2. The van der Waals surface area contributed by atoms with Crippen molar-refractivity contribution in [2.75, 3.05) is 6.61 Å². The number of hydrogen-bond acceptors (Lipinski definition) is 5. The van der Waals surface area contributed by atoms with E-state index in [2.05, 4.69) is 0 Å². The lowest BCUT2D eigenvalue weighted by Crippen LogP contribution is -2.40. The molecule has 2 aliphatic heterocycles. The SMILES string of the molecule is NC1SC(=O)N([C@H]2CC[C@@H](CO)O2)C=C1F. The number of rotatable bonds is 2. The van der Waals surface area contributed by atoms with Gasteiger partial charge in [0.2, 0.25) is 0 Å². The van der Waals surface area contributed by atoms with Crippen molar-refractivity contribution in [3.8, 4) is 0 Å². The van der Waals surface area contributed by atoms with Crippen molar-refractivity contribution in [3.05, 3.63) is 12.0 Å². The maximum Gasteiger partial charge on any atom is 0.289 e. The molecule has 3 N–H and O–H groups in total. The summed E-state index contributed by atoms with van der Waals surface area (Å²) in [5.74, 6) is -0.541. The first-order valence-electron chi connectivity index (χ1n) is 5.00. The van der Waals surface area contributed by atoms with Gasteiger partial charge in [-0.05, 0) is 24.6 Å². The van der Waals surface area contributed by atoms with E-state index in [1.54, 1.807) is 0 Å². The smallest absolute Gasteiger partial charge is 0.289 e. The van der Waals surface area contributed by atoms with Crippen LogP contribution in [0.25, 0.3) is 0 Å². The Morgan fingerprint density at radius 3 is 3.06 bits per heavy atom. The Balaban J connectivity index is 2.07. The third-order valence-corrected chi connectivity index (χ3v) is 3.46. The van der Waals surface area contributed by atoms with Gasteiger partial charge in [-0.2, -0.15) is 0 Å². The molecule has 7 heteroatoms. The molecule has 0 radical (unpaired) electrons. The molecule has 5 nitrogen and oxygen atoms in total. The average molecular weight is 248 g/mol. The Hall–Kier alpha value is -0.630. The molecule has 1 amide bonds. The predicted molar refractivity (Wildman–Crippen MR) is 57.0 cm³/mol. The summed E-state index contributed by atoms with van der Waals surface area (Å²) in [6.45, 7) is -0.0859. The second kappa shape index (κ2) is 4.70. The Bertz CT molecular complexity index is 326. The molecule has 0 saturated carbocycles. The molecule has 0 bridgehead atoms. The number of aliphatic hydroxyl groups excluding tert-OH is 1. The van der Waals surface area contributed by atoms with Crippen LogP contribution in [0.1, 0.15) is 12.8 Å². The number of thioether (sulfide) groups is 1. The van der Waals surface area contributed by atoms with E-state index < -0.39 is 17.4 Å². The Labute approximate surface area is 96.4 Å². The van der Waals surface area contributed by atoms with Gasteiger partial charge in [-0.15, -0.1) is 0 Å². The van der Waals surface area contributed by atoms with Crippen LogP contribution < -0.4 is 5.73 Å². The van der Waals surface area contributed by atoms with Gasteiger partial charge in [0.05, 0.1) is 12.7 Å². The molecule has 3 atom stereocenters. The highest BCUT2D eigenvalue weighted by atomic mass is 32.2.